The molecular weight excluding hydrogens is 809 g/mol. The van der Waals surface area contributed by atoms with Gasteiger partial charge in [0.05, 0.1) is 33.8 Å². The van der Waals surface area contributed by atoms with E-state index >= 15 is 0 Å². The van der Waals surface area contributed by atoms with E-state index in [1.54, 1.807) is 54.6 Å². The summed E-state index contributed by atoms with van der Waals surface area (Å²) in [6, 6.07) is 18.2. The minimum absolute atomic E-state index is 0. The predicted octanol–water partition coefficient (Wildman–Crippen LogP) is 4.62. The summed E-state index contributed by atoms with van der Waals surface area (Å²) in [7, 11) is 0. The van der Waals surface area contributed by atoms with Crippen molar-refractivity contribution in [3.05, 3.63) is 143 Å². The van der Waals surface area contributed by atoms with Crippen molar-refractivity contribution >= 4 is 35.8 Å². The van der Waals surface area contributed by atoms with Gasteiger partial charge in [0, 0.05) is 56.7 Å². The van der Waals surface area contributed by atoms with Gasteiger partial charge in [0.15, 0.2) is 0 Å². The fraction of sp³-hybridized carbons (Fsp3) is 0. The number of hydrogen-bond donors (Lipinski definition) is 6. The van der Waals surface area contributed by atoms with Crippen molar-refractivity contribution in [2.45, 2.75) is 0 Å². The van der Waals surface area contributed by atoms with Crippen LogP contribution in [0.3, 0.4) is 0 Å². The van der Waals surface area contributed by atoms with Crippen molar-refractivity contribution in [2.24, 2.45) is 0 Å². The maximum Gasteiger partial charge on any atom is 0.338 e. The normalized spacial score (nSPS) is 9.82. The summed E-state index contributed by atoms with van der Waals surface area (Å²) >= 11 is 0. The molecule has 278 valence electrons. The fourth-order valence-electron chi connectivity index (χ4n) is 4.66. The molecule has 0 radical (unpaired) electrons. The topological polar surface area (TPSA) is 301 Å². The number of aromatic nitrogens is 6. The summed E-state index contributed by atoms with van der Waals surface area (Å²) in [4.78, 5) is 90.2. The first kappa shape index (κ1) is 41.8. The maximum atomic E-state index is 11.2. The molecule has 0 bridgehead atoms. The third kappa shape index (κ3) is 10.2. The van der Waals surface area contributed by atoms with E-state index in [1.165, 1.54) is 37.2 Å². The van der Waals surface area contributed by atoms with Crippen molar-refractivity contribution in [3.8, 4) is 34.2 Å². The molecule has 18 nitrogen and oxygen atoms in total. The fourth-order valence-corrected chi connectivity index (χ4v) is 4.66. The van der Waals surface area contributed by atoms with Crippen LogP contribution in [0, 0.1) is 0 Å². The van der Waals surface area contributed by atoms with Crippen LogP contribution < -0.4 is 0 Å². The number of carboxylic acid groups (broad SMARTS) is 6. The van der Waals surface area contributed by atoms with Crippen molar-refractivity contribution in [3.63, 3.8) is 0 Å². The molecule has 0 aliphatic rings. The van der Waals surface area contributed by atoms with E-state index in [4.69, 9.17) is 30.6 Å². The van der Waals surface area contributed by atoms with E-state index in [0.29, 0.717) is 17.1 Å². The van der Waals surface area contributed by atoms with Gasteiger partial charge >= 0.3 is 35.8 Å². The van der Waals surface area contributed by atoms with Gasteiger partial charge in [-0.2, -0.15) is 0 Å². The smallest absolute Gasteiger partial charge is 0.338 e. The Morgan fingerprint density at radius 2 is 0.582 bits per heavy atom. The average Bonchev–Trinajstić information content (AvgIpc) is 3.18. The van der Waals surface area contributed by atoms with Gasteiger partial charge in [0.25, 0.3) is 0 Å². The second-order valence-electron chi connectivity index (χ2n) is 10.2. The molecule has 6 rings (SSSR count). The molecule has 0 amide bonds. The van der Waals surface area contributed by atoms with Gasteiger partial charge in [-0.15, -0.1) is 0 Å². The summed E-state index contributed by atoms with van der Waals surface area (Å²) in [5.41, 5.74) is -0.909. The zero-order chi connectivity index (χ0) is 39.4. The Labute approximate surface area is 321 Å². The van der Waals surface area contributed by atoms with Gasteiger partial charge in [-0.05, 0) is 54.6 Å². The Kier molecular flexibility index (Phi) is 14.6. The van der Waals surface area contributed by atoms with Crippen molar-refractivity contribution in [1.29, 1.82) is 0 Å². The first-order chi connectivity index (χ1) is 25.8. The summed E-state index contributed by atoms with van der Waals surface area (Å²) in [5.74, 6) is -7.98. The predicted molar refractivity (Wildman–Crippen MR) is 184 cm³/mol. The van der Waals surface area contributed by atoms with E-state index in [1.807, 2.05) is 0 Å². The Morgan fingerprint density at radius 1 is 0.327 bits per heavy atom. The molecule has 0 atom stereocenters. The number of hydrogen-bond acceptors (Lipinski definition) is 12. The molecule has 0 aliphatic carbocycles. The van der Waals surface area contributed by atoms with E-state index in [-0.39, 0.29) is 69.9 Å². The van der Waals surface area contributed by atoms with Crippen LogP contribution in [0.4, 0.5) is 0 Å². The maximum absolute atomic E-state index is 11.2. The van der Waals surface area contributed by atoms with Gasteiger partial charge in [-0.1, -0.05) is 18.2 Å². The Balaban J connectivity index is 0.000000220. The molecule has 0 aromatic carbocycles. The number of carboxylic acids is 6. The monoisotopic (exact) mass is 834 g/mol. The van der Waals surface area contributed by atoms with E-state index in [0.717, 1.165) is 18.2 Å². The molecule has 55 heavy (non-hydrogen) atoms. The van der Waals surface area contributed by atoms with Gasteiger partial charge in [-0.25, -0.2) is 28.8 Å². The van der Waals surface area contributed by atoms with Gasteiger partial charge in [0.2, 0.25) is 0 Å². The van der Waals surface area contributed by atoms with E-state index in [9.17, 15) is 28.8 Å². The van der Waals surface area contributed by atoms with Crippen LogP contribution >= 0.6 is 0 Å². The van der Waals surface area contributed by atoms with Crippen LogP contribution in [-0.2, 0) is 19.5 Å². The minimum atomic E-state index is -1.35. The largest absolute Gasteiger partial charge is 0.478 e. The van der Waals surface area contributed by atoms with Crippen molar-refractivity contribution in [2.75, 3.05) is 0 Å². The molecule has 0 fully saturated rings. The van der Waals surface area contributed by atoms with Crippen LogP contribution in [0.2, 0.25) is 0 Å². The molecule has 19 heteroatoms. The molecule has 6 aromatic rings. The third-order valence-electron chi connectivity index (χ3n) is 6.91. The summed E-state index contributed by atoms with van der Waals surface area (Å²) < 4.78 is 0. The van der Waals surface area contributed by atoms with Gasteiger partial charge in [0.1, 0.15) is 33.8 Å². The van der Waals surface area contributed by atoms with Gasteiger partial charge in [-0.3, -0.25) is 29.9 Å². The van der Waals surface area contributed by atoms with Crippen molar-refractivity contribution < 1.29 is 78.9 Å². The first-order valence-electron chi connectivity index (χ1n) is 14.9. The number of nitrogens with zero attached hydrogens (tertiary/aromatic N) is 6. The number of pyridine rings is 6. The number of aromatic carboxylic acids is 6. The molecule has 6 heterocycles. The summed E-state index contributed by atoms with van der Waals surface area (Å²) in [6.45, 7) is 0. The molecule has 0 saturated carbocycles. The second kappa shape index (κ2) is 19.3. The summed E-state index contributed by atoms with van der Waals surface area (Å²) in [5, 5.41) is 54.3. The van der Waals surface area contributed by atoms with E-state index < -0.39 is 35.8 Å². The van der Waals surface area contributed by atoms with Crippen LogP contribution in [0.5, 0.6) is 0 Å². The van der Waals surface area contributed by atoms with Gasteiger partial charge < -0.3 is 30.6 Å². The SMILES string of the molecule is O=C(O)c1ccnc(-c2ccccn2)c1C(=O)O.O=C(O)c1ccnc(-c2ccccn2)c1C(=O)O.O=C(O)c1ccnc(-c2ccccn2)c1C(=O)O.[Ru]. The second-order valence-corrected chi connectivity index (χ2v) is 10.2. The first-order valence-corrected chi connectivity index (χ1v) is 14.9. The quantitative estimate of drug-likeness (QED) is 0.108. The van der Waals surface area contributed by atoms with E-state index in [2.05, 4.69) is 29.9 Å². The minimum Gasteiger partial charge on any atom is -0.478 e. The molecule has 0 spiro atoms. The zero-order valence-corrected chi connectivity index (χ0v) is 29.3. The molecule has 0 saturated heterocycles. The van der Waals surface area contributed by atoms with Crippen LogP contribution in [0.15, 0.2) is 110 Å². The van der Waals surface area contributed by atoms with Crippen molar-refractivity contribution in [1.82, 2.24) is 29.9 Å². The van der Waals surface area contributed by atoms with Crippen LogP contribution in [0.1, 0.15) is 62.1 Å². The zero-order valence-electron chi connectivity index (χ0n) is 27.6. The van der Waals surface area contributed by atoms with Crippen LogP contribution in [0.25, 0.3) is 34.2 Å². The Morgan fingerprint density at radius 3 is 0.764 bits per heavy atom. The molecule has 6 aromatic heterocycles. The standard InChI is InChI=1S/3C12H8N2O4.Ru/c3*15-11(16)7-4-6-14-10(9(7)12(17)18)8-3-1-2-5-13-8;/h3*1-6H,(H,15,16)(H,17,18);. The number of carbonyl (C=O) groups is 6. The molecule has 0 unspecified atom stereocenters. The Bertz CT molecular complexity index is 2100. The third-order valence-corrected chi connectivity index (χ3v) is 6.91. The molecule has 6 N–H and O–H groups in total. The average molecular weight is 834 g/mol. The molecule has 0 aliphatic heterocycles. The molecular formula is C36H24N6O12Ru. The number of rotatable bonds is 9. The van der Waals surface area contributed by atoms with Crippen LogP contribution in [-0.4, -0.2) is 96.4 Å². The Hall–Kier alpha value is -7.66. The summed E-state index contributed by atoms with van der Waals surface area (Å²) in [6.07, 6.45) is 8.20.